The number of anilines is 1. The van der Waals surface area contributed by atoms with Crippen molar-refractivity contribution in [2.24, 2.45) is 0 Å². The maximum atomic E-state index is 6.17. The zero-order valence-electron chi connectivity index (χ0n) is 10.7. The molecule has 1 rings (SSSR count). The van der Waals surface area contributed by atoms with Gasteiger partial charge < -0.3 is 10.5 Å². The van der Waals surface area contributed by atoms with Crippen molar-refractivity contribution >= 4 is 17.3 Å². The number of rotatable bonds is 6. The molecule has 96 valence electrons. The van der Waals surface area contributed by atoms with E-state index in [4.69, 9.17) is 22.1 Å². The number of ether oxygens (including phenoxy) is 1. The van der Waals surface area contributed by atoms with E-state index in [9.17, 15) is 0 Å². The van der Waals surface area contributed by atoms with Gasteiger partial charge in [-0.25, -0.2) is 0 Å². The molecule has 0 radical (unpaired) electrons. The van der Waals surface area contributed by atoms with Gasteiger partial charge in [-0.05, 0) is 25.6 Å². The fourth-order valence-electron chi connectivity index (χ4n) is 1.87. The van der Waals surface area contributed by atoms with Crippen LogP contribution >= 0.6 is 11.6 Å². The maximum Gasteiger partial charge on any atom is 0.0615 e. The number of hydrogen-bond acceptors (Lipinski definition) is 3. The number of hydrogen-bond donors (Lipinski definition) is 1. The topological polar surface area (TPSA) is 38.5 Å². The smallest absolute Gasteiger partial charge is 0.0615 e. The van der Waals surface area contributed by atoms with Crippen molar-refractivity contribution in [1.82, 2.24) is 4.90 Å². The van der Waals surface area contributed by atoms with E-state index in [-0.39, 0.29) is 0 Å². The summed E-state index contributed by atoms with van der Waals surface area (Å²) in [7, 11) is 1.72. The highest BCUT2D eigenvalue weighted by Gasteiger charge is 2.15. The molecule has 0 amide bonds. The number of benzene rings is 1. The highest BCUT2D eigenvalue weighted by Crippen LogP contribution is 2.24. The third-order valence-corrected chi connectivity index (χ3v) is 3.31. The van der Waals surface area contributed by atoms with Gasteiger partial charge in [-0.15, -0.1) is 0 Å². The summed E-state index contributed by atoms with van der Waals surface area (Å²) in [6.45, 7) is 6.67. The molecule has 0 heterocycles. The summed E-state index contributed by atoms with van der Waals surface area (Å²) < 4.78 is 5.18. The molecular formula is C13H21ClN2O. The van der Waals surface area contributed by atoms with Gasteiger partial charge in [-0.3, -0.25) is 4.90 Å². The molecule has 4 heteroatoms. The van der Waals surface area contributed by atoms with Gasteiger partial charge in [0, 0.05) is 36.0 Å². The monoisotopic (exact) mass is 256 g/mol. The average molecular weight is 257 g/mol. The Balaban J connectivity index is 2.80. The molecule has 1 aromatic carbocycles. The molecule has 0 aromatic heterocycles. The molecule has 0 bridgehead atoms. The van der Waals surface area contributed by atoms with E-state index in [0.717, 1.165) is 29.4 Å². The summed E-state index contributed by atoms with van der Waals surface area (Å²) in [4.78, 5) is 2.29. The highest BCUT2D eigenvalue weighted by atomic mass is 35.5. The van der Waals surface area contributed by atoms with Crippen LogP contribution in [0.25, 0.3) is 0 Å². The molecule has 0 saturated carbocycles. The van der Waals surface area contributed by atoms with Gasteiger partial charge in [-0.2, -0.15) is 0 Å². The van der Waals surface area contributed by atoms with Crippen LogP contribution in [-0.4, -0.2) is 31.2 Å². The van der Waals surface area contributed by atoms with Crippen molar-refractivity contribution in [3.63, 3.8) is 0 Å². The summed E-state index contributed by atoms with van der Waals surface area (Å²) in [6.07, 6.45) is 0. The predicted octanol–water partition coefficient (Wildman–Crippen LogP) is 2.78. The second-order valence-corrected chi connectivity index (χ2v) is 4.58. The van der Waals surface area contributed by atoms with Crippen molar-refractivity contribution in [1.29, 1.82) is 0 Å². The molecule has 1 aromatic rings. The maximum absolute atomic E-state index is 6.17. The Labute approximate surface area is 109 Å². The summed E-state index contributed by atoms with van der Waals surface area (Å²) in [6, 6.07) is 5.98. The zero-order chi connectivity index (χ0) is 12.8. The Morgan fingerprint density at radius 2 is 2.18 bits per heavy atom. The molecule has 0 aliphatic carbocycles. The fraction of sp³-hybridized carbons (Fsp3) is 0.538. The number of methoxy groups -OCH3 is 1. The van der Waals surface area contributed by atoms with Crippen molar-refractivity contribution < 1.29 is 4.74 Å². The zero-order valence-corrected chi connectivity index (χ0v) is 11.5. The van der Waals surface area contributed by atoms with Crippen LogP contribution in [0.4, 0.5) is 5.69 Å². The lowest BCUT2D eigenvalue weighted by molar-refractivity contribution is 0.0983. The summed E-state index contributed by atoms with van der Waals surface area (Å²) in [5.74, 6) is 0. The molecule has 3 nitrogen and oxygen atoms in total. The first kappa shape index (κ1) is 14.3. The number of likely N-dealkylation sites (N-methyl/N-ethyl adjacent to an activating group) is 1. The molecular weight excluding hydrogens is 236 g/mol. The molecule has 2 N–H and O–H groups in total. The van der Waals surface area contributed by atoms with E-state index < -0.39 is 0 Å². The number of nitrogens with two attached hydrogens (primary N) is 1. The van der Waals surface area contributed by atoms with E-state index in [2.05, 4.69) is 18.7 Å². The molecule has 1 atom stereocenters. The lowest BCUT2D eigenvalue weighted by Gasteiger charge is -2.28. The van der Waals surface area contributed by atoms with Gasteiger partial charge in [0.15, 0.2) is 0 Å². The minimum atomic E-state index is 0.348. The van der Waals surface area contributed by atoms with Gasteiger partial charge in [-0.1, -0.05) is 24.6 Å². The van der Waals surface area contributed by atoms with Crippen molar-refractivity contribution in [3.8, 4) is 0 Å². The van der Waals surface area contributed by atoms with Gasteiger partial charge in [0.2, 0.25) is 0 Å². The second kappa shape index (κ2) is 6.84. The molecule has 17 heavy (non-hydrogen) atoms. The Morgan fingerprint density at radius 3 is 2.71 bits per heavy atom. The van der Waals surface area contributed by atoms with Crippen LogP contribution in [0.1, 0.15) is 19.4 Å². The van der Waals surface area contributed by atoms with E-state index >= 15 is 0 Å². The van der Waals surface area contributed by atoms with Crippen molar-refractivity contribution in [2.75, 3.05) is 26.0 Å². The Hall–Kier alpha value is -0.770. The first-order chi connectivity index (χ1) is 8.10. The molecule has 0 fully saturated rings. The van der Waals surface area contributed by atoms with Crippen LogP contribution in [0.3, 0.4) is 0 Å². The fourth-order valence-corrected chi connectivity index (χ4v) is 2.11. The van der Waals surface area contributed by atoms with Crippen molar-refractivity contribution in [2.45, 2.75) is 26.4 Å². The Morgan fingerprint density at radius 1 is 1.47 bits per heavy atom. The lowest BCUT2D eigenvalue weighted by Crippen LogP contribution is -2.35. The van der Waals surface area contributed by atoms with Gasteiger partial charge >= 0.3 is 0 Å². The van der Waals surface area contributed by atoms with E-state index in [0.29, 0.717) is 12.6 Å². The number of nitrogen functional groups attached to an aromatic ring is 1. The third-order valence-electron chi connectivity index (χ3n) is 2.95. The van der Waals surface area contributed by atoms with Crippen LogP contribution in [0.2, 0.25) is 5.02 Å². The molecule has 1 unspecified atom stereocenters. The minimum Gasteiger partial charge on any atom is -0.398 e. The average Bonchev–Trinajstić information content (AvgIpc) is 2.29. The van der Waals surface area contributed by atoms with E-state index in [1.807, 2.05) is 18.2 Å². The molecule has 0 aliphatic rings. The molecule has 0 saturated heterocycles. The highest BCUT2D eigenvalue weighted by molar-refractivity contribution is 6.31. The molecule has 0 spiro atoms. The third kappa shape index (κ3) is 3.87. The quantitative estimate of drug-likeness (QED) is 0.796. The van der Waals surface area contributed by atoms with Crippen LogP contribution in [0.15, 0.2) is 18.2 Å². The number of nitrogens with zero attached hydrogens (tertiary/aromatic N) is 1. The lowest BCUT2D eigenvalue weighted by atomic mass is 10.1. The second-order valence-electron chi connectivity index (χ2n) is 4.18. The van der Waals surface area contributed by atoms with Gasteiger partial charge in [0.1, 0.15) is 0 Å². The normalized spacial score (nSPS) is 13.0. The van der Waals surface area contributed by atoms with E-state index in [1.165, 1.54) is 0 Å². The van der Waals surface area contributed by atoms with Gasteiger partial charge in [0.25, 0.3) is 0 Å². The van der Waals surface area contributed by atoms with Crippen LogP contribution < -0.4 is 5.73 Å². The summed E-state index contributed by atoms with van der Waals surface area (Å²) >= 11 is 6.17. The number of halogens is 1. The molecule has 0 aliphatic heterocycles. The van der Waals surface area contributed by atoms with Crippen LogP contribution in [0, 0.1) is 0 Å². The largest absolute Gasteiger partial charge is 0.398 e. The van der Waals surface area contributed by atoms with Crippen LogP contribution in [-0.2, 0) is 11.3 Å². The first-order valence-corrected chi connectivity index (χ1v) is 6.23. The summed E-state index contributed by atoms with van der Waals surface area (Å²) in [5.41, 5.74) is 7.71. The van der Waals surface area contributed by atoms with Crippen LogP contribution in [0.5, 0.6) is 0 Å². The summed E-state index contributed by atoms with van der Waals surface area (Å²) in [5, 5.41) is 0.730. The van der Waals surface area contributed by atoms with E-state index in [1.54, 1.807) is 7.11 Å². The Bertz CT molecular complexity index is 337. The predicted molar refractivity (Wildman–Crippen MR) is 73.3 cm³/mol. The standard InChI is InChI=1S/C13H21ClN2O/c1-4-16(10(2)9-17-3)8-11-12(14)6-5-7-13(11)15/h5-7,10H,4,8-9,15H2,1-3H3. The van der Waals surface area contributed by atoms with Gasteiger partial charge in [0.05, 0.1) is 6.61 Å². The SMILES string of the molecule is CCN(Cc1c(N)cccc1Cl)C(C)COC. The first-order valence-electron chi connectivity index (χ1n) is 5.86. The Kier molecular flexibility index (Phi) is 5.75. The van der Waals surface area contributed by atoms with Crippen molar-refractivity contribution in [3.05, 3.63) is 28.8 Å². The minimum absolute atomic E-state index is 0.348.